The number of aromatic amines is 2. The molecule has 0 fully saturated rings. The Balaban J connectivity index is 1.79. The van der Waals surface area contributed by atoms with Crippen LogP contribution in [0.15, 0.2) is 50.9 Å². The van der Waals surface area contributed by atoms with Crippen molar-refractivity contribution in [3.8, 4) is 0 Å². The minimum Gasteiger partial charge on any atom is -0.348 e. The summed E-state index contributed by atoms with van der Waals surface area (Å²) in [5.74, 6) is -0.262. The Bertz CT molecular complexity index is 1290. The zero-order valence-electron chi connectivity index (χ0n) is 13.1. The number of carbonyl (C=O) groups excluding carboxylic acids is 1. The maximum atomic E-state index is 12.7. The lowest BCUT2D eigenvalue weighted by molar-refractivity contribution is 0.0965. The Morgan fingerprint density at radius 2 is 1.81 bits per heavy atom. The van der Waals surface area contributed by atoms with E-state index < -0.39 is 21.3 Å². The van der Waals surface area contributed by atoms with Crippen LogP contribution in [0.1, 0.15) is 15.9 Å². The topological polar surface area (TPSA) is 141 Å². The van der Waals surface area contributed by atoms with Crippen molar-refractivity contribution in [2.24, 2.45) is 0 Å². The van der Waals surface area contributed by atoms with Crippen LogP contribution in [-0.2, 0) is 16.6 Å². The van der Waals surface area contributed by atoms with Crippen molar-refractivity contribution < 1.29 is 13.2 Å². The van der Waals surface area contributed by atoms with Crippen LogP contribution in [0.3, 0.4) is 0 Å². The smallest absolute Gasteiger partial charge is 0.326 e. The largest absolute Gasteiger partial charge is 0.348 e. The van der Waals surface area contributed by atoms with E-state index in [-0.39, 0.29) is 33.9 Å². The maximum Gasteiger partial charge on any atom is 0.326 e. The molecule has 1 aliphatic rings. The molecule has 0 unspecified atom stereocenters. The second kappa shape index (κ2) is 5.56. The van der Waals surface area contributed by atoms with Gasteiger partial charge in [0.05, 0.1) is 21.5 Å². The summed E-state index contributed by atoms with van der Waals surface area (Å²) in [4.78, 5) is 39.2. The molecule has 0 bridgehead atoms. The Morgan fingerprint density at radius 1 is 1.00 bits per heavy atom. The van der Waals surface area contributed by atoms with E-state index in [1.807, 2.05) is 0 Å². The lowest BCUT2D eigenvalue weighted by Crippen LogP contribution is -2.22. The van der Waals surface area contributed by atoms with E-state index >= 15 is 0 Å². The van der Waals surface area contributed by atoms with Crippen molar-refractivity contribution in [2.45, 2.75) is 11.4 Å². The van der Waals surface area contributed by atoms with Crippen LogP contribution < -0.4 is 21.3 Å². The Hall–Kier alpha value is -3.40. The molecule has 4 rings (SSSR count). The van der Waals surface area contributed by atoms with Crippen LogP contribution in [0.25, 0.3) is 10.9 Å². The van der Waals surface area contributed by atoms with E-state index in [2.05, 4.69) is 20.0 Å². The maximum absolute atomic E-state index is 12.7. The average molecular weight is 372 g/mol. The number of hydrogen-bond acceptors (Lipinski definition) is 5. The summed E-state index contributed by atoms with van der Waals surface area (Å²) in [5, 5.41) is 2.68. The summed E-state index contributed by atoms with van der Waals surface area (Å²) >= 11 is 0. The Morgan fingerprint density at radius 3 is 2.62 bits per heavy atom. The van der Waals surface area contributed by atoms with Gasteiger partial charge >= 0.3 is 5.69 Å². The van der Waals surface area contributed by atoms with E-state index in [1.165, 1.54) is 18.2 Å². The lowest BCUT2D eigenvalue weighted by atomic mass is 10.1. The number of hydrogen-bond donors (Lipinski definition) is 4. The molecule has 0 radical (unpaired) electrons. The van der Waals surface area contributed by atoms with Crippen molar-refractivity contribution in [3.63, 3.8) is 0 Å². The minimum absolute atomic E-state index is 0.0441. The number of rotatable bonds is 3. The molecule has 1 amide bonds. The number of aromatic nitrogens is 2. The first-order valence-corrected chi connectivity index (χ1v) is 9.03. The summed E-state index contributed by atoms with van der Waals surface area (Å²) < 4.78 is 27.9. The van der Waals surface area contributed by atoms with Gasteiger partial charge in [0.25, 0.3) is 21.5 Å². The van der Waals surface area contributed by atoms with Crippen LogP contribution in [-0.4, -0.2) is 24.3 Å². The highest BCUT2D eigenvalue weighted by atomic mass is 32.2. The molecular weight excluding hydrogens is 360 g/mol. The van der Waals surface area contributed by atoms with Crippen molar-refractivity contribution in [1.29, 1.82) is 0 Å². The normalized spacial score (nSPS) is 13.5. The Kier molecular flexibility index (Phi) is 3.44. The fourth-order valence-electron chi connectivity index (χ4n) is 2.86. The molecule has 0 spiro atoms. The highest BCUT2D eigenvalue weighted by Crippen LogP contribution is 2.26. The third-order valence-corrected chi connectivity index (χ3v) is 5.48. The van der Waals surface area contributed by atoms with Gasteiger partial charge in [0.15, 0.2) is 0 Å². The zero-order chi connectivity index (χ0) is 18.5. The van der Waals surface area contributed by atoms with Crippen LogP contribution in [0.5, 0.6) is 0 Å². The number of anilines is 1. The molecule has 0 atom stereocenters. The van der Waals surface area contributed by atoms with Gasteiger partial charge in [0, 0.05) is 17.7 Å². The summed E-state index contributed by atoms with van der Waals surface area (Å²) in [5.41, 5.74) is 0.135. The molecular formula is C16H12N4O5S. The first-order valence-electron chi connectivity index (χ1n) is 7.54. The van der Waals surface area contributed by atoms with E-state index in [0.29, 0.717) is 11.1 Å². The SMILES string of the molecule is O=C1NCc2c(NS(=O)(=O)c3ccc4[nH]c(=O)[nH]c(=O)c4c3)cccc21. The van der Waals surface area contributed by atoms with E-state index in [9.17, 15) is 22.8 Å². The lowest BCUT2D eigenvalue weighted by Gasteiger charge is -2.11. The monoisotopic (exact) mass is 372 g/mol. The van der Waals surface area contributed by atoms with Gasteiger partial charge in [0.2, 0.25) is 0 Å². The van der Waals surface area contributed by atoms with Crippen LogP contribution >= 0.6 is 0 Å². The third-order valence-electron chi connectivity index (χ3n) is 4.11. The summed E-state index contributed by atoms with van der Waals surface area (Å²) in [6.07, 6.45) is 0. The van der Waals surface area contributed by atoms with Crippen LogP contribution in [0, 0.1) is 0 Å². The second-order valence-corrected chi connectivity index (χ2v) is 7.42. The number of H-pyrrole nitrogens is 2. The molecule has 132 valence electrons. The number of benzene rings is 2. The number of nitrogens with one attached hydrogen (secondary N) is 4. The third kappa shape index (κ3) is 2.56. The quantitative estimate of drug-likeness (QED) is 0.522. The van der Waals surface area contributed by atoms with Crippen molar-refractivity contribution in [2.75, 3.05) is 4.72 Å². The Labute approximate surface area is 146 Å². The van der Waals surface area contributed by atoms with Crippen LogP contribution in [0.2, 0.25) is 0 Å². The zero-order valence-corrected chi connectivity index (χ0v) is 13.9. The fraction of sp³-hybridized carbons (Fsp3) is 0.0625. The molecule has 2 heterocycles. The molecule has 0 saturated heterocycles. The standard InChI is InChI=1S/C16H12N4O5S/c21-14-9-2-1-3-13(11(9)7-17-14)20-26(24,25)8-4-5-12-10(6-8)15(22)19-16(23)18-12/h1-6,20H,7H2,(H,17,21)(H2,18,19,22,23). The molecule has 9 nitrogen and oxygen atoms in total. The van der Waals surface area contributed by atoms with Gasteiger partial charge < -0.3 is 10.3 Å². The van der Waals surface area contributed by atoms with E-state index in [1.54, 1.807) is 18.2 Å². The molecule has 1 aliphatic heterocycles. The molecule has 0 saturated carbocycles. The molecule has 1 aromatic heterocycles. The van der Waals surface area contributed by atoms with E-state index in [0.717, 1.165) is 0 Å². The summed E-state index contributed by atoms with van der Waals surface area (Å²) in [6, 6.07) is 8.56. The summed E-state index contributed by atoms with van der Waals surface area (Å²) in [7, 11) is -4.00. The van der Waals surface area contributed by atoms with Crippen LogP contribution in [0.4, 0.5) is 5.69 Å². The molecule has 26 heavy (non-hydrogen) atoms. The number of amides is 1. The molecule has 10 heteroatoms. The van der Waals surface area contributed by atoms with Crippen molar-refractivity contribution in [1.82, 2.24) is 15.3 Å². The van der Waals surface area contributed by atoms with Gasteiger partial charge in [0.1, 0.15) is 0 Å². The fourth-order valence-corrected chi connectivity index (χ4v) is 3.98. The first-order chi connectivity index (χ1) is 12.3. The summed E-state index contributed by atoms with van der Waals surface area (Å²) in [6.45, 7) is 0.228. The number of sulfonamides is 1. The molecule has 0 aliphatic carbocycles. The van der Waals surface area contributed by atoms with Gasteiger partial charge in [-0.3, -0.25) is 19.3 Å². The van der Waals surface area contributed by atoms with Gasteiger partial charge in [-0.1, -0.05) is 6.07 Å². The highest BCUT2D eigenvalue weighted by molar-refractivity contribution is 7.92. The predicted molar refractivity (Wildman–Crippen MR) is 93.6 cm³/mol. The van der Waals surface area contributed by atoms with Gasteiger partial charge in [-0.05, 0) is 30.3 Å². The minimum atomic E-state index is -4.00. The number of fused-ring (bicyclic) bond motifs is 2. The molecule has 2 aromatic carbocycles. The van der Waals surface area contributed by atoms with Gasteiger partial charge in [-0.2, -0.15) is 0 Å². The van der Waals surface area contributed by atoms with Gasteiger partial charge in [-0.25, -0.2) is 13.2 Å². The number of carbonyl (C=O) groups is 1. The average Bonchev–Trinajstić information content (AvgIpc) is 2.96. The van der Waals surface area contributed by atoms with Crippen molar-refractivity contribution >= 4 is 32.5 Å². The molecule has 3 aromatic rings. The predicted octanol–water partition coefficient (Wildman–Crippen LogP) is 0.261. The molecule has 4 N–H and O–H groups in total. The first kappa shape index (κ1) is 16.1. The van der Waals surface area contributed by atoms with Crippen molar-refractivity contribution in [3.05, 3.63) is 68.4 Å². The van der Waals surface area contributed by atoms with E-state index in [4.69, 9.17) is 0 Å². The highest BCUT2D eigenvalue weighted by Gasteiger charge is 2.24. The van der Waals surface area contributed by atoms with Gasteiger partial charge in [-0.15, -0.1) is 0 Å². The second-order valence-electron chi connectivity index (χ2n) is 5.74.